The molecular weight excluding hydrogens is 256 g/mol. The molecule has 1 aliphatic heterocycles. The third-order valence-corrected chi connectivity index (χ3v) is 3.85. The van der Waals surface area contributed by atoms with Crippen molar-refractivity contribution < 1.29 is 0 Å². The number of rotatable bonds is 7. The number of nitrogens with zero attached hydrogens (tertiary/aromatic N) is 1. The van der Waals surface area contributed by atoms with Gasteiger partial charge in [0.25, 0.3) is 0 Å². The number of hydrogen-bond donors (Lipinski definition) is 1. The Kier molecular flexibility index (Phi) is 26.9. The Bertz CT molecular complexity index is 182. The van der Waals surface area contributed by atoms with Crippen LogP contribution in [0.2, 0.25) is 0 Å². The van der Waals surface area contributed by atoms with Gasteiger partial charge in [-0.2, -0.15) is 0 Å². The van der Waals surface area contributed by atoms with E-state index in [0.717, 1.165) is 11.8 Å². The lowest BCUT2D eigenvalue weighted by atomic mass is 9.86. The van der Waals surface area contributed by atoms with Crippen molar-refractivity contribution in [1.82, 2.24) is 10.2 Å². The van der Waals surface area contributed by atoms with E-state index >= 15 is 0 Å². The molecule has 0 aromatic carbocycles. The van der Waals surface area contributed by atoms with E-state index in [1.165, 1.54) is 58.2 Å². The summed E-state index contributed by atoms with van der Waals surface area (Å²) in [5, 5.41) is 3.36. The molecule has 21 heavy (non-hydrogen) atoms. The predicted molar refractivity (Wildman–Crippen MR) is 103 cm³/mol. The molecule has 2 unspecified atom stereocenters. The van der Waals surface area contributed by atoms with Crippen LogP contribution in [0, 0.1) is 11.8 Å². The molecule has 0 aliphatic carbocycles. The zero-order valence-electron chi connectivity index (χ0n) is 12.9. The summed E-state index contributed by atoms with van der Waals surface area (Å²) in [5.74, 6) is 1.86. The monoisotopic (exact) mass is 302 g/mol. The van der Waals surface area contributed by atoms with Gasteiger partial charge in [0.2, 0.25) is 0 Å². The van der Waals surface area contributed by atoms with Crippen LogP contribution in [0.5, 0.6) is 0 Å². The Morgan fingerprint density at radius 2 is 1.86 bits per heavy atom. The van der Waals surface area contributed by atoms with Gasteiger partial charge >= 0.3 is 0 Å². The Morgan fingerprint density at radius 3 is 2.33 bits per heavy atom. The summed E-state index contributed by atoms with van der Waals surface area (Å²) in [4.78, 5) is 2.50. The minimum atomic E-state index is 0. The average molecular weight is 303 g/mol. The average Bonchev–Trinajstić information content (AvgIpc) is 2.39. The Balaban J connectivity index is -0.000000276. The fourth-order valence-corrected chi connectivity index (χ4v) is 3.02. The van der Waals surface area contributed by atoms with E-state index in [0.29, 0.717) is 0 Å². The highest BCUT2D eigenvalue weighted by atomic mass is 15.1. The van der Waals surface area contributed by atoms with Crippen LogP contribution in [0.25, 0.3) is 0 Å². The molecule has 132 valence electrons. The minimum absolute atomic E-state index is 0. The summed E-state index contributed by atoms with van der Waals surface area (Å²) in [6.45, 7) is 12.1. The topological polar surface area (TPSA) is 15.3 Å². The third-order valence-electron chi connectivity index (χ3n) is 3.85. The van der Waals surface area contributed by atoms with Crippen molar-refractivity contribution >= 4 is 0 Å². The fraction of sp³-hybridized carbons (Fsp3) is 0.895. The molecule has 0 amide bonds. The van der Waals surface area contributed by atoms with Crippen LogP contribution in [0.1, 0.15) is 67.7 Å². The van der Waals surface area contributed by atoms with E-state index in [4.69, 9.17) is 0 Å². The molecule has 0 spiro atoms. The first-order valence-corrected chi connectivity index (χ1v) is 7.59. The van der Waals surface area contributed by atoms with Crippen LogP contribution < -0.4 is 5.32 Å². The van der Waals surface area contributed by atoms with Gasteiger partial charge in [0.05, 0.1) is 0 Å². The maximum atomic E-state index is 3.36. The molecule has 0 saturated carbocycles. The molecule has 0 aromatic rings. The Hall–Kier alpha value is -0.340. The van der Waals surface area contributed by atoms with E-state index < -0.39 is 0 Å². The molecule has 1 N–H and O–H groups in total. The number of likely N-dealkylation sites (tertiary alicyclic amines) is 1. The quantitative estimate of drug-likeness (QED) is 0.629. The highest BCUT2D eigenvalue weighted by Gasteiger charge is 2.20. The molecule has 1 saturated heterocycles. The van der Waals surface area contributed by atoms with Crippen LogP contribution in [-0.4, -0.2) is 38.6 Å². The van der Waals surface area contributed by atoms with Crippen LogP contribution in [0.15, 0.2) is 13.2 Å². The predicted octanol–water partition coefficient (Wildman–Crippen LogP) is 5.45. The van der Waals surface area contributed by atoms with E-state index in [9.17, 15) is 0 Å². The lowest BCUT2D eigenvalue weighted by molar-refractivity contribution is 0.180. The van der Waals surface area contributed by atoms with Crippen LogP contribution in [0.4, 0.5) is 0 Å². The molecule has 1 fully saturated rings. The van der Waals surface area contributed by atoms with E-state index in [1.54, 1.807) is 0 Å². The summed E-state index contributed by atoms with van der Waals surface area (Å²) in [5.41, 5.74) is 0. The first-order valence-electron chi connectivity index (χ1n) is 7.59. The molecule has 0 radical (unpaired) electrons. The van der Waals surface area contributed by atoms with Gasteiger partial charge < -0.3 is 10.2 Å². The standard InChI is InChI=1S/C14H30N2.C2H4.3CH4/c1-4-5-7-13(11-15-2)10-14-8-6-9-16(3)12-14;1-2;;;/h13-15H,4-12H2,1-3H3;1-2H2;3*1H4. The van der Waals surface area contributed by atoms with Crippen molar-refractivity contribution in [2.45, 2.75) is 67.7 Å². The highest BCUT2D eigenvalue weighted by Crippen LogP contribution is 2.25. The lowest BCUT2D eigenvalue weighted by Crippen LogP contribution is -2.34. The summed E-state index contributed by atoms with van der Waals surface area (Å²) in [6.07, 6.45) is 8.44. The van der Waals surface area contributed by atoms with Crippen molar-refractivity contribution in [2.24, 2.45) is 11.8 Å². The maximum absolute atomic E-state index is 3.36. The van der Waals surface area contributed by atoms with Crippen molar-refractivity contribution in [3.8, 4) is 0 Å². The first kappa shape index (κ1) is 28.8. The van der Waals surface area contributed by atoms with Crippen molar-refractivity contribution in [3.05, 3.63) is 13.2 Å². The van der Waals surface area contributed by atoms with Gasteiger partial charge in [0.15, 0.2) is 0 Å². The molecule has 0 bridgehead atoms. The van der Waals surface area contributed by atoms with Crippen LogP contribution >= 0.6 is 0 Å². The zero-order valence-corrected chi connectivity index (χ0v) is 12.9. The number of nitrogens with one attached hydrogen (secondary N) is 1. The summed E-state index contributed by atoms with van der Waals surface area (Å²) in [6, 6.07) is 0. The van der Waals surface area contributed by atoms with Gasteiger partial charge in [-0.15, -0.1) is 13.2 Å². The molecule has 2 nitrogen and oxygen atoms in total. The number of piperidine rings is 1. The van der Waals surface area contributed by atoms with Gasteiger partial charge in [-0.25, -0.2) is 0 Å². The first-order chi connectivity index (χ1) is 8.76. The normalized spacial score (nSPS) is 18.9. The van der Waals surface area contributed by atoms with E-state index in [1.807, 2.05) is 0 Å². The van der Waals surface area contributed by atoms with Gasteiger partial charge in [-0.3, -0.25) is 0 Å². The molecule has 0 aromatic heterocycles. The fourth-order valence-electron chi connectivity index (χ4n) is 3.02. The second-order valence-electron chi connectivity index (χ2n) is 5.57. The van der Waals surface area contributed by atoms with E-state index in [-0.39, 0.29) is 22.3 Å². The molecule has 2 heteroatoms. The van der Waals surface area contributed by atoms with Crippen molar-refractivity contribution in [2.75, 3.05) is 33.7 Å². The Labute approximate surface area is 137 Å². The SMILES string of the molecule is C.C.C.C=C.CCCCC(CNC)CC1CCCN(C)C1. The van der Waals surface area contributed by atoms with Gasteiger partial charge in [0, 0.05) is 6.54 Å². The largest absolute Gasteiger partial charge is 0.319 e. The molecule has 1 heterocycles. The van der Waals surface area contributed by atoms with E-state index in [2.05, 4.69) is 44.4 Å². The molecular formula is C19H46N2. The third kappa shape index (κ3) is 14.4. The van der Waals surface area contributed by atoms with Gasteiger partial charge in [-0.1, -0.05) is 42.0 Å². The Morgan fingerprint density at radius 1 is 1.24 bits per heavy atom. The van der Waals surface area contributed by atoms with Gasteiger partial charge in [-0.05, 0) is 64.7 Å². The summed E-state index contributed by atoms with van der Waals surface area (Å²) < 4.78 is 0. The molecule has 2 atom stereocenters. The zero-order chi connectivity index (χ0) is 13.8. The second-order valence-corrected chi connectivity index (χ2v) is 5.57. The number of unbranched alkanes of at least 4 members (excludes halogenated alkanes) is 1. The lowest BCUT2D eigenvalue weighted by Gasteiger charge is -2.32. The minimum Gasteiger partial charge on any atom is -0.319 e. The maximum Gasteiger partial charge on any atom is 0.000672 e. The van der Waals surface area contributed by atoms with Gasteiger partial charge in [0.1, 0.15) is 0 Å². The van der Waals surface area contributed by atoms with Crippen LogP contribution in [-0.2, 0) is 0 Å². The molecule has 1 rings (SSSR count). The van der Waals surface area contributed by atoms with Crippen molar-refractivity contribution in [1.29, 1.82) is 0 Å². The summed E-state index contributed by atoms with van der Waals surface area (Å²) in [7, 11) is 4.36. The molecule has 1 aliphatic rings. The number of hydrogen-bond acceptors (Lipinski definition) is 2. The van der Waals surface area contributed by atoms with Crippen molar-refractivity contribution in [3.63, 3.8) is 0 Å². The van der Waals surface area contributed by atoms with Crippen LogP contribution in [0.3, 0.4) is 0 Å². The smallest absolute Gasteiger partial charge is 0.000672 e. The second kappa shape index (κ2) is 19.7. The highest BCUT2D eigenvalue weighted by molar-refractivity contribution is 4.74. The summed E-state index contributed by atoms with van der Waals surface area (Å²) >= 11 is 0.